The van der Waals surface area contributed by atoms with Gasteiger partial charge in [0.25, 0.3) is 0 Å². The summed E-state index contributed by atoms with van der Waals surface area (Å²) in [5.41, 5.74) is 2.66. The molecule has 0 radical (unpaired) electrons. The molecule has 3 nitrogen and oxygen atoms in total. The first-order valence-electron chi connectivity index (χ1n) is 6.13. The summed E-state index contributed by atoms with van der Waals surface area (Å²) in [6.07, 6.45) is 6.23. The molecule has 0 spiro atoms. The monoisotopic (exact) mass is 217 g/mol. The van der Waals surface area contributed by atoms with Crippen molar-refractivity contribution in [2.45, 2.75) is 46.1 Å². The van der Waals surface area contributed by atoms with E-state index in [4.69, 9.17) is 5.26 Å². The number of hydrogen-bond donors (Lipinski definition) is 0. The summed E-state index contributed by atoms with van der Waals surface area (Å²) >= 11 is 0. The van der Waals surface area contributed by atoms with E-state index in [2.05, 4.69) is 31.2 Å². The predicted molar refractivity (Wildman–Crippen MR) is 62.8 cm³/mol. The third kappa shape index (κ3) is 2.27. The van der Waals surface area contributed by atoms with E-state index in [1.54, 1.807) is 0 Å². The van der Waals surface area contributed by atoms with Gasteiger partial charge in [-0.1, -0.05) is 13.8 Å². The Morgan fingerprint density at radius 2 is 2.44 bits per heavy atom. The highest BCUT2D eigenvalue weighted by molar-refractivity contribution is 5.21. The highest BCUT2D eigenvalue weighted by Gasteiger charge is 2.23. The number of rotatable bonds is 3. The van der Waals surface area contributed by atoms with Gasteiger partial charge in [0.2, 0.25) is 0 Å². The van der Waals surface area contributed by atoms with E-state index in [1.165, 1.54) is 24.1 Å². The van der Waals surface area contributed by atoms with Crippen LogP contribution in [0.15, 0.2) is 6.20 Å². The van der Waals surface area contributed by atoms with Crippen LogP contribution in [0, 0.1) is 23.2 Å². The van der Waals surface area contributed by atoms with Crippen molar-refractivity contribution < 1.29 is 0 Å². The zero-order chi connectivity index (χ0) is 11.5. The van der Waals surface area contributed by atoms with E-state index >= 15 is 0 Å². The van der Waals surface area contributed by atoms with Crippen LogP contribution in [-0.2, 0) is 19.4 Å². The van der Waals surface area contributed by atoms with Gasteiger partial charge in [0.05, 0.1) is 24.7 Å². The maximum atomic E-state index is 8.55. The number of nitriles is 1. The molecule has 3 heteroatoms. The molecule has 2 rings (SSSR count). The van der Waals surface area contributed by atoms with Crippen LogP contribution in [0.3, 0.4) is 0 Å². The number of fused-ring (bicyclic) bond motifs is 1. The number of aromatic nitrogens is 2. The summed E-state index contributed by atoms with van der Waals surface area (Å²) in [4.78, 5) is 0. The molecule has 0 N–H and O–H groups in total. The summed E-state index contributed by atoms with van der Waals surface area (Å²) in [5.74, 6) is 1.57. The summed E-state index contributed by atoms with van der Waals surface area (Å²) in [6, 6.07) is 2.16. The van der Waals surface area contributed by atoms with Crippen molar-refractivity contribution in [1.29, 1.82) is 5.26 Å². The van der Waals surface area contributed by atoms with Gasteiger partial charge in [-0.15, -0.1) is 0 Å². The van der Waals surface area contributed by atoms with E-state index in [9.17, 15) is 0 Å². The molecule has 0 aliphatic heterocycles. The predicted octanol–water partition coefficient (Wildman–Crippen LogP) is 2.56. The van der Waals surface area contributed by atoms with Crippen LogP contribution in [0.1, 0.15) is 37.9 Å². The molecule has 1 aromatic rings. The van der Waals surface area contributed by atoms with E-state index < -0.39 is 0 Å². The quantitative estimate of drug-likeness (QED) is 0.780. The van der Waals surface area contributed by atoms with Crippen LogP contribution in [0.25, 0.3) is 0 Å². The molecular formula is C13H19N3. The maximum absolute atomic E-state index is 8.55. The molecule has 0 fully saturated rings. The lowest BCUT2D eigenvalue weighted by Crippen LogP contribution is -2.18. The Hall–Kier alpha value is -1.30. The van der Waals surface area contributed by atoms with Crippen LogP contribution < -0.4 is 0 Å². The minimum atomic E-state index is 0.550. The fourth-order valence-electron chi connectivity index (χ4n) is 2.44. The first-order chi connectivity index (χ1) is 7.70. The van der Waals surface area contributed by atoms with Gasteiger partial charge in [-0.25, -0.2) is 0 Å². The first-order valence-corrected chi connectivity index (χ1v) is 6.13. The highest BCUT2D eigenvalue weighted by Crippen LogP contribution is 2.29. The zero-order valence-electron chi connectivity index (χ0n) is 10.1. The van der Waals surface area contributed by atoms with Crippen LogP contribution in [-0.4, -0.2) is 9.78 Å². The molecular weight excluding hydrogens is 198 g/mol. The summed E-state index contributed by atoms with van der Waals surface area (Å²) in [7, 11) is 0. The standard InChI is InChI=1S/C13H19N3/c1-10(2)11-4-5-13-12(8-11)9-16(15-13)7-3-6-14/h9-11H,3-5,7-8H2,1-2H3. The fraction of sp³-hybridized carbons (Fsp3) is 0.692. The second-order valence-electron chi connectivity index (χ2n) is 5.02. The van der Waals surface area contributed by atoms with Gasteiger partial charge in [-0.3, -0.25) is 4.68 Å². The van der Waals surface area contributed by atoms with Gasteiger partial charge in [0.15, 0.2) is 0 Å². The first kappa shape index (κ1) is 11.2. The molecule has 86 valence electrons. The number of hydrogen-bond acceptors (Lipinski definition) is 2. The molecule has 1 atom stereocenters. The molecule has 1 aromatic heterocycles. The molecule has 1 unspecified atom stereocenters. The Morgan fingerprint density at radius 3 is 3.12 bits per heavy atom. The third-order valence-electron chi connectivity index (χ3n) is 3.55. The topological polar surface area (TPSA) is 41.6 Å². The summed E-state index contributed by atoms with van der Waals surface area (Å²) < 4.78 is 1.94. The van der Waals surface area contributed by atoms with Crippen molar-refractivity contribution in [3.05, 3.63) is 17.5 Å². The third-order valence-corrected chi connectivity index (χ3v) is 3.55. The summed E-state index contributed by atoms with van der Waals surface area (Å²) in [5, 5.41) is 13.1. The van der Waals surface area contributed by atoms with Crippen LogP contribution in [0.5, 0.6) is 0 Å². The molecule has 0 bridgehead atoms. The summed E-state index contributed by atoms with van der Waals surface area (Å²) in [6.45, 7) is 5.33. The van der Waals surface area contributed by atoms with Crippen LogP contribution >= 0.6 is 0 Å². The molecule has 0 saturated heterocycles. The minimum Gasteiger partial charge on any atom is -0.271 e. The fourth-order valence-corrected chi connectivity index (χ4v) is 2.44. The zero-order valence-corrected chi connectivity index (χ0v) is 10.1. The number of nitrogens with zero attached hydrogens (tertiary/aromatic N) is 3. The van der Waals surface area contributed by atoms with Crippen molar-refractivity contribution in [2.24, 2.45) is 11.8 Å². The molecule has 0 amide bonds. The van der Waals surface area contributed by atoms with Crippen molar-refractivity contribution in [2.75, 3.05) is 0 Å². The van der Waals surface area contributed by atoms with Gasteiger partial charge in [-0.05, 0) is 36.7 Å². The second kappa shape index (κ2) is 4.69. The Labute approximate surface area is 97.1 Å². The van der Waals surface area contributed by atoms with Gasteiger partial charge in [0.1, 0.15) is 0 Å². The highest BCUT2D eigenvalue weighted by atomic mass is 15.3. The molecule has 0 saturated carbocycles. The smallest absolute Gasteiger partial charge is 0.0656 e. The average Bonchev–Trinajstić information content (AvgIpc) is 2.67. The van der Waals surface area contributed by atoms with Crippen molar-refractivity contribution in [1.82, 2.24) is 9.78 Å². The van der Waals surface area contributed by atoms with E-state index in [1.807, 2.05) is 4.68 Å². The van der Waals surface area contributed by atoms with Crippen molar-refractivity contribution in [3.63, 3.8) is 0 Å². The molecule has 16 heavy (non-hydrogen) atoms. The van der Waals surface area contributed by atoms with E-state index in [-0.39, 0.29) is 0 Å². The van der Waals surface area contributed by atoms with E-state index in [0.717, 1.165) is 24.8 Å². The Morgan fingerprint density at radius 1 is 1.62 bits per heavy atom. The van der Waals surface area contributed by atoms with Gasteiger partial charge in [0, 0.05) is 6.20 Å². The van der Waals surface area contributed by atoms with E-state index in [0.29, 0.717) is 6.42 Å². The van der Waals surface area contributed by atoms with Crippen molar-refractivity contribution in [3.8, 4) is 6.07 Å². The lowest BCUT2D eigenvalue weighted by atomic mass is 9.81. The molecule has 1 aliphatic rings. The maximum Gasteiger partial charge on any atom is 0.0656 e. The average molecular weight is 217 g/mol. The minimum absolute atomic E-state index is 0.550. The van der Waals surface area contributed by atoms with Gasteiger partial charge in [-0.2, -0.15) is 10.4 Å². The molecule has 0 aromatic carbocycles. The Balaban J connectivity index is 2.08. The lowest BCUT2D eigenvalue weighted by molar-refractivity contribution is 0.341. The normalized spacial score (nSPS) is 19.5. The number of aryl methyl sites for hydroxylation is 2. The van der Waals surface area contributed by atoms with Crippen molar-refractivity contribution >= 4 is 0 Å². The SMILES string of the molecule is CC(C)C1CCc2nn(CCC#N)cc2C1. The Bertz CT molecular complexity index is 398. The van der Waals surface area contributed by atoms with Gasteiger partial charge < -0.3 is 0 Å². The molecule has 1 aliphatic carbocycles. The van der Waals surface area contributed by atoms with Crippen LogP contribution in [0.2, 0.25) is 0 Å². The second-order valence-corrected chi connectivity index (χ2v) is 5.02. The largest absolute Gasteiger partial charge is 0.271 e. The Kier molecular flexibility index (Phi) is 3.28. The van der Waals surface area contributed by atoms with Gasteiger partial charge >= 0.3 is 0 Å². The molecule has 1 heterocycles. The van der Waals surface area contributed by atoms with Crippen LogP contribution in [0.4, 0.5) is 0 Å². The lowest BCUT2D eigenvalue weighted by Gasteiger charge is -2.24.